The lowest BCUT2D eigenvalue weighted by atomic mass is 9.83. The van der Waals surface area contributed by atoms with Gasteiger partial charge in [-0.05, 0) is 31.6 Å². The molecule has 0 heterocycles. The first kappa shape index (κ1) is 10.4. The summed E-state index contributed by atoms with van der Waals surface area (Å²) in [6.45, 7) is 2.23. The van der Waals surface area contributed by atoms with Gasteiger partial charge in [-0.1, -0.05) is 19.8 Å². The molecule has 2 amide bonds. The molecular weight excluding hydrogens is 164 g/mol. The van der Waals surface area contributed by atoms with Crippen LogP contribution in [0.5, 0.6) is 0 Å². The number of nitrogens with two attached hydrogens (primary N) is 1. The van der Waals surface area contributed by atoms with Gasteiger partial charge in [0.05, 0.1) is 0 Å². The smallest absolute Gasteiger partial charge is 0.312 e. The molecule has 0 radical (unpaired) electrons. The van der Waals surface area contributed by atoms with Crippen LogP contribution in [0.3, 0.4) is 0 Å². The van der Waals surface area contributed by atoms with Crippen molar-refractivity contribution in [2.24, 2.45) is 11.7 Å². The Hall–Kier alpha value is -0.730. The van der Waals surface area contributed by atoms with Crippen molar-refractivity contribution < 1.29 is 4.79 Å². The summed E-state index contributed by atoms with van der Waals surface area (Å²) < 4.78 is 0. The molecule has 0 aromatic carbocycles. The summed E-state index contributed by atoms with van der Waals surface area (Å²) >= 11 is 0. The van der Waals surface area contributed by atoms with Crippen molar-refractivity contribution in [1.29, 1.82) is 0 Å². The molecule has 0 atom stereocenters. The van der Waals surface area contributed by atoms with E-state index in [1.807, 2.05) is 0 Å². The van der Waals surface area contributed by atoms with Gasteiger partial charge < -0.3 is 11.1 Å². The van der Waals surface area contributed by atoms with Gasteiger partial charge in [0.15, 0.2) is 0 Å². The minimum absolute atomic E-state index is 0.339. The zero-order chi connectivity index (χ0) is 9.68. The van der Waals surface area contributed by atoms with E-state index in [-0.39, 0.29) is 6.03 Å². The molecule has 0 unspecified atom stereocenters. The fraction of sp³-hybridized carbons (Fsp3) is 0.900. The Bertz CT molecular complexity index is 162. The van der Waals surface area contributed by atoms with Gasteiger partial charge in [-0.3, -0.25) is 0 Å². The van der Waals surface area contributed by atoms with Crippen LogP contribution in [-0.4, -0.2) is 12.1 Å². The molecule has 76 valence electrons. The number of nitrogens with one attached hydrogen (secondary N) is 1. The van der Waals surface area contributed by atoms with Gasteiger partial charge in [0.2, 0.25) is 0 Å². The summed E-state index contributed by atoms with van der Waals surface area (Å²) in [5, 5.41) is 2.78. The van der Waals surface area contributed by atoms with Gasteiger partial charge in [-0.25, -0.2) is 4.79 Å². The second-order valence-electron chi connectivity index (χ2n) is 4.01. The highest BCUT2D eigenvalue weighted by Gasteiger charge is 2.20. The minimum atomic E-state index is -0.376. The molecule has 1 saturated carbocycles. The maximum absolute atomic E-state index is 10.6. The van der Waals surface area contributed by atoms with E-state index in [1.54, 1.807) is 0 Å². The van der Waals surface area contributed by atoms with Crippen molar-refractivity contribution in [3.63, 3.8) is 0 Å². The molecule has 3 N–H and O–H groups in total. The molecular formula is C10H20N2O. The van der Waals surface area contributed by atoms with Gasteiger partial charge in [-0.2, -0.15) is 0 Å². The fourth-order valence-electron chi connectivity index (χ4n) is 2.20. The molecule has 0 aliphatic heterocycles. The highest BCUT2D eigenvalue weighted by Crippen LogP contribution is 2.27. The quantitative estimate of drug-likeness (QED) is 0.692. The van der Waals surface area contributed by atoms with Crippen molar-refractivity contribution in [2.45, 2.75) is 51.5 Å². The van der Waals surface area contributed by atoms with E-state index in [1.165, 1.54) is 25.7 Å². The maximum Gasteiger partial charge on any atom is 0.312 e. The van der Waals surface area contributed by atoms with Crippen LogP contribution >= 0.6 is 0 Å². The van der Waals surface area contributed by atoms with E-state index in [0.29, 0.717) is 6.04 Å². The van der Waals surface area contributed by atoms with E-state index in [9.17, 15) is 4.79 Å². The van der Waals surface area contributed by atoms with Crippen molar-refractivity contribution in [3.8, 4) is 0 Å². The molecule has 1 rings (SSSR count). The third-order valence-electron chi connectivity index (χ3n) is 2.89. The zero-order valence-electron chi connectivity index (χ0n) is 8.38. The number of rotatable bonds is 3. The number of carbonyl (C=O) groups excluding carboxylic acids is 1. The monoisotopic (exact) mass is 184 g/mol. The number of hydrogen-bond donors (Lipinski definition) is 2. The van der Waals surface area contributed by atoms with Gasteiger partial charge in [0.25, 0.3) is 0 Å². The van der Waals surface area contributed by atoms with Crippen molar-refractivity contribution in [1.82, 2.24) is 5.32 Å². The van der Waals surface area contributed by atoms with E-state index < -0.39 is 0 Å². The molecule has 1 aliphatic rings. The summed E-state index contributed by atoms with van der Waals surface area (Å²) in [4.78, 5) is 10.6. The number of carbonyl (C=O) groups is 1. The topological polar surface area (TPSA) is 55.1 Å². The minimum Gasteiger partial charge on any atom is -0.352 e. The number of primary amides is 1. The second kappa shape index (κ2) is 5.10. The molecule has 13 heavy (non-hydrogen) atoms. The van der Waals surface area contributed by atoms with Gasteiger partial charge >= 0.3 is 6.03 Å². The molecule has 0 saturated heterocycles. The fourth-order valence-corrected chi connectivity index (χ4v) is 2.20. The molecule has 3 heteroatoms. The van der Waals surface area contributed by atoms with E-state index in [4.69, 9.17) is 5.73 Å². The average molecular weight is 184 g/mol. The molecule has 0 aromatic rings. The van der Waals surface area contributed by atoms with Crippen LogP contribution in [0, 0.1) is 5.92 Å². The SMILES string of the molecule is CCCC1CCC(NC(N)=O)CC1. The maximum atomic E-state index is 10.6. The summed E-state index contributed by atoms with van der Waals surface area (Å²) in [5.74, 6) is 0.885. The number of amides is 2. The Labute approximate surface area is 80.1 Å². The Balaban J connectivity index is 2.18. The van der Waals surface area contributed by atoms with Crippen LogP contribution in [-0.2, 0) is 0 Å². The molecule has 0 aromatic heterocycles. The lowest BCUT2D eigenvalue weighted by molar-refractivity contribution is 0.233. The van der Waals surface area contributed by atoms with Crippen LogP contribution in [0.1, 0.15) is 45.4 Å². The summed E-state index contributed by atoms with van der Waals surface area (Å²) in [7, 11) is 0. The summed E-state index contributed by atoms with van der Waals surface area (Å²) in [6.07, 6.45) is 7.32. The largest absolute Gasteiger partial charge is 0.352 e. The van der Waals surface area contributed by atoms with E-state index in [2.05, 4.69) is 12.2 Å². The lowest BCUT2D eigenvalue weighted by Gasteiger charge is -2.28. The Morgan fingerprint density at radius 2 is 2.00 bits per heavy atom. The molecule has 0 bridgehead atoms. The van der Waals surface area contributed by atoms with Gasteiger partial charge in [0.1, 0.15) is 0 Å². The van der Waals surface area contributed by atoms with Gasteiger partial charge in [0, 0.05) is 6.04 Å². The van der Waals surface area contributed by atoms with Crippen LogP contribution in [0.15, 0.2) is 0 Å². The Morgan fingerprint density at radius 1 is 1.38 bits per heavy atom. The lowest BCUT2D eigenvalue weighted by Crippen LogP contribution is -2.40. The highest BCUT2D eigenvalue weighted by molar-refractivity contribution is 5.71. The van der Waals surface area contributed by atoms with E-state index >= 15 is 0 Å². The standard InChI is InChI=1S/C10H20N2O/c1-2-3-8-4-6-9(7-5-8)12-10(11)13/h8-9H,2-7H2,1H3,(H3,11,12,13). The number of urea groups is 1. The van der Waals surface area contributed by atoms with Crippen LogP contribution in [0.4, 0.5) is 4.79 Å². The molecule has 0 spiro atoms. The first-order valence-electron chi connectivity index (χ1n) is 5.28. The zero-order valence-corrected chi connectivity index (χ0v) is 8.38. The third kappa shape index (κ3) is 3.66. The Kier molecular flexibility index (Phi) is 4.06. The van der Waals surface area contributed by atoms with Crippen LogP contribution in [0.2, 0.25) is 0 Å². The number of hydrogen-bond acceptors (Lipinski definition) is 1. The first-order chi connectivity index (χ1) is 6.22. The highest BCUT2D eigenvalue weighted by atomic mass is 16.2. The second-order valence-corrected chi connectivity index (χ2v) is 4.01. The van der Waals surface area contributed by atoms with Crippen LogP contribution < -0.4 is 11.1 Å². The molecule has 1 aliphatic carbocycles. The molecule has 3 nitrogen and oxygen atoms in total. The summed E-state index contributed by atoms with van der Waals surface area (Å²) in [6, 6.07) is -0.0375. The van der Waals surface area contributed by atoms with Crippen molar-refractivity contribution >= 4 is 6.03 Å². The van der Waals surface area contributed by atoms with Crippen molar-refractivity contribution in [2.75, 3.05) is 0 Å². The van der Waals surface area contributed by atoms with Crippen LogP contribution in [0.25, 0.3) is 0 Å². The first-order valence-corrected chi connectivity index (χ1v) is 5.28. The third-order valence-corrected chi connectivity index (χ3v) is 2.89. The summed E-state index contributed by atoms with van der Waals surface area (Å²) in [5.41, 5.74) is 5.07. The Morgan fingerprint density at radius 3 is 2.46 bits per heavy atom. The predicted molar refractivity (Wildman–Crippen MR) is 53.4 cm³/mol. The average Bonchev–Trinajstić information content (AvgIpc) is 2.08. The normalized spacial score (nSPS) is 28.4. The molecule has 1 fully saturated rings. The van der Waals surface area contributed by atoms with Crippen molar-refractivity contribution in [3.05, 3.63) is 0 Å². The van der Waals surface area contributed by atoms with Gasteiger partial charge in [-0.15, -0.1) is 0 Å². The van der Waals surface area contributed by atoms with E-state index in [0.717, 1.165) is 18.8 Å². The predicted octanol–water partition coefficient (Wildman–Crippen LogP) is 2.01.